The molecule has 8 heteroatoms. The van der Waals surface area contributed by atoms with Gasteiger partial charge in [-0.3, -0.25) is 9.36 Å². The lowest BCUT2D eigenvalue weighted by Gasteiger charge is -2.25. The molecule has 0 amide bonds. The van der Waals surface area contributed by atoms with Crippen LogP contribution in [0.1, 0.15) is 43.9 Å². The van der Waals surface area contributed by atoms with Crippen molar-refractivity contribution in [3.8, 4) is 5.75 Å². The number of hydrogen-bond acceptors (Lipinski definition) is 7. The van der Waals surface area contributed by atoms with Crippen LogP contribution in [0, 0.1) is 6.92 Å². The number of fused-ring (bicyclic) bond motifs is 1. The second-order valence-electron chi connectivity index (χ2n) is 7.76. The molecule has 0 spiro atoms. The highest BCUT2D eigenvalue weighted by Crippen LogP contribution is 2.31. The van der Waals surface area contributed by atoms with Crippen LogP contribution in [0.5, 0.6) is 5.75 Å². The fraction of sp³-hybridized carbons (Fsp3) is 0.292. The van der Waals surface area contributed by atoms with Crippen molar-refractivity contribution in [2.24, 2.45) is 4.99 Å². The van der Waals surface area contributed by atoms with Gasteiger partial charge in [-0.25, -0.2) is 9.79 Å². The molecule has 32 heavy (non-hydrogen) atoms. The molecule has 7 nitrogen and oxygen atoms in total. The smallest absolute Gasteiger partial charge is 0.338 e. The van der Waals surface area contributed by atoms with Crippen molar-refractivity contribution >= 4 is 23.4 Å². The predicted molar refractivity (Wildman–Crippen MR) is 121 cm³/mol. The van der Waals surface area contributed by atoms with E-state index in [4.69, 9.17) is 13.9 Å². The van der Waals surface area contributed by atoms with Gasteiger partial charge in [-0.15, -0.1) is 0 Å². The van der Waals surface area contributed by atoms with Crippen molar-refractivity contribution in [3.63, 3.8) is 0 Å². The normalized spacial score (nSPS) is 16.2. The minimum atomic E-state index is -0.663. The number of esters is 1. The second kappa shape index (κ2) is 8.63. The van der Waals surface area contributed by atoms with Crippen LogP contribution < -0.4 is 19.6 Å². The maximum atomic E-state index is 13.5. The molecule has 1 atom stereocenters. The third-order valence-corrected chi connectivity index (χ3v) is 6.03. The monoisotopic (exact) mass is 452 g/mol. The van der Waals surface area contributed by atoms with Crippen molar-refractivity contribution in [1.82, 2.24) is 4.57 Å². The Balaban J connectivity index is 1.93. The van der Waals surface area contributed by atoms with Gasteiger partial charge in [0, 0.05) is 6.08 Å². The number of allylic oxidation sites excluding steroid dienone is 1. The van der Waals surface area contributed by atoms with Crippen molar-refractivity contribution in [2.75, 3.05) is 7.11 Å². The van der Waals surface area contributed by atoms with Gasteiger partial charge in [-0.05, 0) is 57.5 Å². The van der Waals surface area contributed by atoms with Crippen molar-refractivity contribution in [1.29, 1.82) is 0 Å². The zero-order chi connectivity index (χ0) is 23.0. The van der Waals surface area contributed by atoms with Gasteiger partial charge in [0.2, 0.25) is 0 Å². The first kappa shape index (κ1) is 21.8. The van der Waals surface area contributed by atoms with E-state index in [9.17, 15) is 9.59 Å². The van der Waals surface area contributed by atoms with E-state index in [0.29, 0.717) is 32.1 Å². The van der Waals surface area contributed by atoms with E-state index in [1.165, 1.54) is 11.3 Å². The molecule has 1 aromatic carbocycles. The fourth-order valence-electron chi connectivity index (χ4n) is 3.62. The molecular formula is C24H24N2O5S. The van der Waals surface area contributed by atoms with Crippen LogP contribution in [0.4, 0.5) is 0 Å². The van der Waals surface area contributed by atoms with E-state index in [-0.39, 0.29) is 11.7 Å². The summed E-state index contributed by atoms with van der Waals surface area (Å²) in [5, 5.41) is 0. The van der Waals surface area contributed by atoms with E-state index < -0.39 is 12.0 Å². The first-order valence-corrected chi connectivity index (χ1v) is 11.0. The Morgan fingerprint density at radius 3 is 2.50 bits per heavy atom. The van der Waals surface area contributed by atoms with Crippen LogP contribution in [-0.4, -0.2) is 23.8 Å². The first-order valence-electron chi connectivity index (χ1n) is 10.2. The number of aromatic nitrogens is 1. The van der Waals surface area contributed by atoms with Gasteiger partial charge < -0.3 is 13.9 Å². The Hall–Kier alpha value is -3.39. The molecule has 3 heterocycles. The van der Waals surface area contributed by atoms with Crippen LogP contribution in [0.25, 0.3) is 6.08 Å². The molecule has 0 fully saturated rings. The van der Waals surface area contributed by atoms with Crippen molar-refractivity contribution in [2.45, 2.75) is 39.8 Å². The number of nitrogens with zero attached hydrogens (tertiary/aromatic N) is 2. The summed E-state index contributed by atoms with van der Waals surface area (Å²) >= 11 is 1.26. The Labute approximate surface area is 188 Å². The molecule has 3 aromatic rings. The van der Waals surface area contributed by atoms with Gasteiger partial charge in [-0.1, -0.05) is 23.5 Å². The molecule has 0 N–H and O–H groups in total. The topological polar surface area (TPSA) is 83.0 Å². The summed E-state index contributed by atoms with van der Waals surface area (Å²) in [5.41, 5.74) is 1.39. The Kier molecular flexibility index (Phi) is 5.88. The highest BCUT2D eigenvalue weighted by molar-refractivity contribution is 7.07. The average molecular weight is 453 g/mol. The quantitative estimate of drug-likeness (QED) is 0.556. The summed E-state index contributed by atoms with van der Waals surface area (Å²) in [6.45, 7) is 7.19. The minimum Gasteiger partial charge on any atom is -0.497 e. The van der Waals surface area contributed by atoms with Gasteiger partial charge in [-0.2, -0.15) is 0 Å². The lowest BCUT2D eigenvalue weighted by molar-refractivity contribution is -0.143. The SMILES string of the molecule is COc1ccc(C2C(C(=O)OC(C)C)=C(C)N=c3s/c(=C/c4ccc(C)o4)c(=O)n32)cc1. The molecule has 0 aliphatic carbocycles. The van der Waals surface area contributed by atoms with Gasteiger partial charge in [0.25, 0.3) is 5.56 Å². The van der Waals surface area contributed by atoms with Gasteiger partial charge in [0.05, 0.1) is 35.1 Å². The van der Waals surface area contributed by atoms with Gasteiger partial charge in [0.15, 0.2) is 4.80 Å². The Morgan fingerprint density at radius 1 is 1.19 bits per heavy atom. The molecule has 0 saturated carbocycles. The van der Waals surface area contributed by atoms with E-state index >= 15 is 0 Å². The predicted octanol–water partition coefficient (Wildman–Crippen LogP) is 3.10. The average Bonchev–Trinajstić information content (AvgIpc) is 3.29. The Morgan fingerprint density at radius 2 is 1.91 bits per heavy atom. The molecule has 4 rings (SSSR count). The zero-order valence-corrected chi connectivity index (χ0v) is 19.4. The third kappa shape index (κ3) is 4.05. The van der Waals surface area contributed by atoms with E-state index in [2.05, 4.69) is 4.99 Å². The summed E-state index contributed by atoms with van der Waals surface area (Å²) in [6.07, 6.45) is 1.40. The maximum Gasteiger partial charge on any atom is 0.338 e. The van der Waals surface area contributed by atoms with E-state index in [1.807, 2.05) is 31.2 Å². The zero-order valence-electron chi connectivity index (χ0n) is 18.5. The number of furan rings is 1. The summed E-state index contributed by atoms with van der Waals surface area (Å²) in [5.74, 6) is 1.54. The first-order chi connectivity index (χ1) is 15.3. The molecule has 2 aromatic heterocycles. The van der Waals surface area contributed by atoms with Crippen molar-refractivity contribution < 1.29 is 18.7 Å². The second-order valence-corrected chi connectivity index (χ2v) is 8.77. The number of benzene rings is 1. The summed E-state index contributed by atoms with van der Waals surface area (Å²) in [4.78, 5) is 31.6. The number of aryl methyl sites for hydroxylation is 1. The maximum absolute atomic E-state index is 13.5. The lowest BCUT2D eigenvalue weighted by atomic mass is 9.96. The number of ether oxygens (including phenoxy) is 2. The standard InChI is InChI=1S/C24H24N2O5S/c1-13(2)30-23(28)20-15(4)25-24-26(21(20)16-7-10-17(29-5)11-8-16)22(27)19(32-24)12-18-9-6-14(3)31-18/h6-13,21H,1-5H3/b19-12+. The summed E-state index contributed by atoms with van der Waals surface area (Å²) < 4.78 is 18.4. The largest absolute Gasteiger partial charge is 0.497 e. The number of carbonyl (C=O) groups excluding carboxylic acids is 1. The van der Waals surface area contributed by atoms with Crippen LogP contribution in [0.2, 0.25) is 0 Å². The third-order valence-electron chi connectivity index (χ3n) is 5.05. The van der Waals surface area contributed by atoms with Crippen LogP contribution in [0.15, 0.2) is 61.9 Å². The van der Waals surface area contributed by atoms with E-state index in [1.54, 1.807) is 50.7 Å². The van der Waals surface area contributed by atoms with Crippen LogP contribution >= 0.6 is 11.3 Å². The number of hydrogen-bond donors (Lipinski definition) is 0. The number of carbonyl (C=O) groups is 1. The van der Waals surface area contributed by atoms with Crippen LogP contribution in [-0.2, 0) is 9.53 Å². The highest BCUT2D eigenvalue weighted by atomic mass is 32.1. The molecule has 0 radical (unpaired) electrons. The number of thiazole rings is 1. The van der Waals surface area contributed by atoms with Crippen molar-refractivity contribution in [3.05, 3.63) is 84.4 Å². The molecule has 1 aliphatic rings. The highest BCUT2D eigenvalue weighted by Gasteiger charge is 2.33. The molecule has 1 unspecified atom stereocenters. The fourth-order valence-corrected chi connectivity index (χ4v) is 4.65. The molecule has 166 valence electrons. The lowest BCUT2D eigenvalue weighted by Crippen LogP contribution is -2.40. The van der Waals surface area contributed by atoms with Gasteiger partial charge >= 0.3 is 5.97 Å². The Bertz CT molecular complexity index is 1370. The molecule has 0 saturated heterocycles. The molecule has 0 bridgehead atoms. The summed E-state index contributed by atoms with van der Waals surface area (Å²) in [7, 11) is 1.59. The molecule has 1 aliphatic heterocycles. The minimum absolute atomic E-state index is 0.244. The van der Waals surface area contributed by atoms with Crippen LogP contribution in [0.3, 0.4) is 0 Å². The number of methoxy groups -OCH3 is 1. The summed E-state index contributed by atoms with van der Waals surface area (Å²) in [6, 6.07) is 10.3. The number of rotatable bonds is 5. The molecular weight excluding hydrogens is 428 g/mol. The van der Waals surface area contributed by atoms with E-state index in [0.717, 1.165) is 11.3 Å². The van der Waals surface area contributed by atoms with Gasteiger partial charge in [0.1, 0.15) is 17.3 Å².